The fraction of sp³-hybridized carbons (Fsp3) is 0.444. The fourth-order valence-corrected chi connectivity index (χ4v) is 7.49. The molecule has 1 atom stereocenters. The number of anilines is 1. The largest absolute Gasteiger partial charge is 0.497 e. The molecule has 0 fully saturated rings. The first-order chi connectivity index (χ1) is 19.2. The van der Waals surface area contributed by atoms with E-state index in [4.69, 9.17) is 14.2 Å². The summed E-state index contributed by atoms with van der Waals surface area (Å²) in [6, 6.07) is 5.37. The molecule has 1 aliphatic carbocycles. The highest BCUT2D eigenvalue weighted by Crippen LogP contribution is 2.40. The molecule has 1 aromatic carbocycles. The van der Waals surface area contributed by atoms with Gasteiger partial charge in [0.05, 0.1) is 48.1 Å². The summed E-state index contributed by atoms with van der Waals surface area (Å²) in [5.74, 6) is -0.516. The second-order valence-electron chi connectivity index (χ2n) is 9.20. The van der Waals surface area contributed by atoms with Gasteiger partial charge in [-0.15, -0.1) is 23.1 Å². The topological polar surface area (TPSA) is 125 Å². The van der Waals surface area contributed by atoms with Crippen molar-refractivity contribution >= 4 is 73.4 Å². The van der Waals surface area contributed by atoms with Gasteiger partial charge in [-0.1, -0.05) is 18.3 Å². The second kappa shape index (κ2) is 13.5. The van der Waals surface area contributed by atoms with Crippen LogP contribution in [0.1, 0.15) is 41.1 Å². The average molecular weight is 606 g/mol. The Morgan fingerprint density at radius 1 is 1.18 bits per heavy atom. The van der Waals surface area contributed by atoms with E-state index in [9.17, 15) is 19.2 Å². The zero-order chi connectivity index (χ0) is 28.8. The number of nitrogens with zero attached hydrogens (tertiary/aromatic N) is 2. The molecule has 0 bridgehead atoms. The number of fused-ring (bicyclic) bond motifs is 2. The summed E-state index contributed by atoms with van der Waals surface area (Å²) >= 11 is 3.80. The molecule has 13 heteroatoms. The van der Waals surface area contributed by atoms with Crippen LogP contribution in [-0.4, -0.2) is 60.7 Å². The Morgan fingerprint density at radius 3 is 2.70 bits per heavy atom. The van der Waals surface area contributed by atoms with Gasteiger partial charge in [0, 0.05) is 4.88 Å². The predicted molar refractivity (Wildman–Crippen MR) is 156 cm³/mol. The molecule has 0 saturated heterocycles. The standard InChI is InChI=1S/C27H31N3O7S3/c1-5-37-26(34)24-17-8-6-15(2)10-19(17)39-25(24)28-21(31)13-38-14-22(32)29-27-30(12-23(33)36-4)18-9-7-16(35-3)11-20(18)40-27/h7,9,11,15H,5-6,8,10,12-14H2,1-4H3,(H,28,31). The summed E-state index contributed by atoms with van der Waals surface area (Å²) in [5, 5.41) is 3.37. The van der Waals surface area contributed by atoms with Gasteiger partial charge in [0.1, 0.15) is 17.3 Å². The van der Waals surface area contributed by atoms with Crippen LogP contribution < -0.4 is 14.9 Å². The third kappa shape index (κ3) is 6.94. The summed E-state index contributed by atoms with van der Waals surface area (Å²) in [5.41, 5.74) is 2.15. The van der Waals surface area contributed by atoms with Crippen LogP contribution in [0.5, 0.6) is 5.75 Å². The van der Waals surface area contributed by atoms with E-state index < -0.39 is 17.8 Å². The maximum atomic E-state index is 12.8. The van der Waals surface area contributed by atoms with Crippen molar-refractivity contribution in [3.05, 3.63) is 39.0 Å². The Hall–Kier alpha value is -3.16. The van der Waals surface area contributed by atoms with Gasteiger partial charge in [-0.25, -0.2) is 4.79 Å². The number of hydrogen-bond donors (Lipinski definition) is 1. The number of carbonyl (C=O) groups excluding carboxylic acids is 4. The Labute approximate surface area is 243 Å². The molecular weight excluding hydrogens is 575 g/mol. The smallest absolute Gasteiger partial charge is 0.341 e. The number of carbonyl (C=O) groups is 4. The van der Waals surface area contributed by atoms with Crippen LogP contribution in [0, 0.1) is 5.92 Å². The number of hydrogen-bond acceptors (Lipinski definition) is 10. The second-order valence-corrected chi connectivity index (χ2v) is 12.3. The molecule has 214 valence electrons. The Kier molecular flexibility index (Phi) is 10.0. The number of thiophene rings is 1. The van der Waals surface area contributed by atoms with Crippen molar-refractivity contribution in [2.75, 3.05) is 37.6 Å². The van der Waals surface area contributed by atoms with E-state index in [0.717, 1.165) is 51.7 Å². The van der Waals surface area contributed by atoms with E-state index in [1.54, 1.807) is 30.7 Å². The molecule has 2 aromatic heterocycles. The van der Waals surface area contributed by atoms with Crippen molar-refractivity contribution in [2.24, 2.45) is 10.9 Å². The maximum absolute atomic E-state index is 12.8. The highest BCUT2D eigenvalue weighted by atomic mass is 32.2. The van der Waals surface area contributed by atoms with Gasteiger partial charge in [-0.05, 0) is 55.9 Å². The quantitative estimate of drug-likeness (QED) is 0.343. The number of ether oxygens (including phenoxy) is 3. The SMILES string of the molecule is CCOC(=O)c1c(NC(=O)CSCC(=O)N=c2sc3cc(OC)ccc3n2CC(=O)OC)sc2c1CCC(C)C2. The molecule has 10 nitrogen and oxygen atoms in total. The highest BCUT2D eigenvalue weighted by Gasteiger charge is 2.29. The van der Waals surface area contributed by atoms with Gasteiger partial charge in [-0.3, -0.25) is 14.4 Å². The maximum Gasteiger partial charge on any atom is 0.341 e. The molecule has 0 radical (unpaired) electrons. The summed E-state index contributed by atoms with van der Waals surface area (Å²) in [7, 11) is 2.86. The number of methoxy groups -OCH3 is 2. The molecule has 0 saturated carbocycles. The molecule has 4 rings (SSSR count). The Morgan fingerprint density at radius 2 is 1.98 bits per heavy atom. The highest BCUT2D eigenvalue weighted by molar-refractivity contribution is 8.00. The molecule has 2 amide bonds. The molecule has 0 spiro atoms. The Balaban J connectivity index is 1.44. The number of thioether (sulfide) groups is 1. The molecule has 3 aromatic rings. The average Bonchev–Trinajstić information content (AvgIpc) is 3.44. The zero-order valence-electron chi connectivity index (χ0n) is 22.7. The van der Waals surface area contributed by atoms with Crippen LogP contribution in [0.25, 0.3) is 10.2 Å². The van der Waals surface area contributed by atoms with E-state index >= 15 is 0 Å². The molecule has 1 aliphatic rings. The first-order valence-corrected chi connectivity index (χ1v) is 15.5. The molecule has 0 aliphatic heterocycles. The number of nitrogens with one attached hydrogen (secondary N) is 1. The van der Waals surface area contributed by atoms with Crippen LogP contribution in [0.4, 0.5) is 5.00 Å². The lowest BCUT2D eigenvalue weighted by Gasteiger charge is -2.18. The number of amides is 2. The number of benzene rings is 1. The van der Waals surface area contributed by atoms with Crippen LogP contribution >= 0.6 is 34.4 Å². The van der Waals surface area contributed by atoms with E-state index in [1.165, 1.54) is 29.8 Å². The number of thiazole rings is 1. The van der Waals surface area contributed by atoms with Crippen molar-refractivity contribution in [1.82, 2.24) is 4.57 Å². The van der Waals surface area contributed by atoms with Gasteiger partial charge in [0.15, 0.2) is 4.80 Å². The van der Waals surface area contributed by atoms with Gasteiger partial charge < -0.3 is 24.1 Å². The van der Waals surface area contributed by atoms with Gasteiger partial charge >= 0.3 is 11.9 Å². The molecule has 1 unspecified atom stereocenters. The number of aromatic nitrogens is 1. The van der Waals surface area contributed by atoms with Crippen LogP contribution in [0.2, 0.25) is 0 Å². The minimum Gasteiger partial charge on any atom is -0.497 e. The van der Waals surface area contributed by atoms with Crippen molar-refractivity contribution in [3.8, 4) is 5.75 Å². The van der Waals surface area contributed by atoms with Gasteiger partial charge in [0.2, 0.25) is 5.91 Å². The van der Waals surface area contributed by atoms with E-state index in [0.29, 0.717) is 27.0 Å². The van der Waals surface area contributed by atoms with E-state index in [-0.39, 0.29) is 30.6 Å². The minimum absolute atomic E-state index is 0.00820. The van der Waals surface area contributed by atoms with E-state index in [2.05, 4.69) is 17.2 Å². The third-order valence-corrected chi connectivity index (χ3v) is 9.46. The summed E-state index contributed by atoms with van der Waals surface area (Å²) in [6.45, 7) is 4.08. The summed E-state index contributed by atoms with van der Waals surface area (Å²) in [6.07, 6.45) is 2.63. The van der Waals surface area contributed by atoms with Crippen molar-refractivity contribution in [2.45, 2.75) is 39.7 Å². The first-order valence-electron chi connectivity index (χ1n) is 12.7. The number of rotatable bonds is 10. The summed E-state index contributed by atoms with van der Waals surface area (Å²) < 4.78 is 17.8. The van der Waals surface area contributed by atoms with Crippen LogP contribution in [0.15, 0.2) is 23.2 Å². The van der Waals surface area contributed by atoms with Crippen molar-refractivity contribution < 1.29 is 33.4 Å². The summed E-state index contributed by atoms with van der Waals surface area (Å²) in [4.78, 5) is 55.8. The lowest BCUT2D eigenvalue weighted by Crippen LogP contribution is -2.23. The van der Waals surface area contributed by atoms with Crippen LogP contribution in [0.3, 0.4) is 0 Å². The minimum atomic E-state index is -0.470. The first kappa shape index (κ1) is 29.8. The molecule has 40 heavy (non-hydrogen) atoms. The lowest BCUT2D eigenvalue weighted by atomic mass is 9.88. The lowest BCUT2D eigenvalue weighted by molar-refractivity contribution is -0.141. The van der Waals surface area contributed by atoms with Gasteiger partial charge in [-0.2, -0.15) is 4.99 Å². The zero-order valence-corrected chi connectivity index (χ0v) is 25.2. The predicted octanol–water partition coefficient (Wildman–Crippen LogP) is 4.05. The fourth-order valence-electron chi connectivity index (χ4n) is 4.40. The van der Waals surface area contributed by atoms with Crippen molar-refractivity contribution in [1.29, 1.82) is 0 Å². The molecule has 2 heterocycles. The van der Waals surface area contributed by atoms with Crippen molar-refractivity contribution in [3.63, 3.8) is 0 Å². The van der Waals surface area contributed by atoms with Crippen LogP contribution in [-0.2, 0) is 43.2 Å². The normalized spacial score (nSPS) is 15.0. The van der Waals surface area contributed by atoms with E-state index in [1.807, 2.05) is 6.07 Å². The number of esters is 2. The monoisotopic (exact) mass is 605 g/mol. The van der Waals surface area contributed by atoms with Gasteiger partial charge in [0.25, 0.3) is 5.91 Å². The third-order valence-electron chi connectivity index (χ3n) is 6.33. The molecular formula is C27H31N3O7S3. The Bertz CT molecular complexity index is 1500. The molecule has 1 N–H and O–H groups in total.